The van der Waals surface area contributed by atoms with Crippen LogP contribution in [-0.2, 0) is 0 Å². The first-order valence-electron chi connectivity index (χ1n) is 3.94. The van der Waals surface area contributed by atoms with Gasteiger partial charge in [0.2, 0.25) is 6.54 Å². The molecule has 0 spiro atoms. The summed E-state index contributed by atoms with van der Waals surface area (Å²) in [4.78, 5) is 12.9. The van der Waals surface area contributed by atoms with E-state index in [4.69, 9.17) is 11.3 Å². The van der Waals surface area contributed by atoms with Crippen LogP contribution in [0, 0.1) is 16.7 Å². The van der Waals surface area contributed by atoms with Gasteiger partial charge in [-0.25, -0.2) is 6.57 Å². The lowest BCUT2D eigenvalue weighted by atomic mass is 10.3. The van der Waals surface area contributed by atoms with Crippen molar-refractivity contribution < 1.29 is 9.66 Å². The van der Waals surface area contributed by atoms with E-state index in [1.165, 1.54) is 24.3 Å². The molecule has 5 nitrogen and oxygen atoms in total. The Bertz CT molecular complexity index is 353. The summed E-state index contributed by atoms with van der Waals surface area (Å²) in [6, 6.07) is 5.77. The standard InChI is InChI=1S/C9H8N2O3/c1-10-6-7-14-9-4-2-8(3-5-9)11(12)13/h2-5H,6-7H2. The van der Waals surface area contributed by atoms with Crippen molar-refractivity contribution in [3.63, 3.8) is 0 Å². The highest BCUT2D eigenvalue weighted by molar-refractivity contribution is 5.35. The second-order valence-corrected chi connectivity index (χ2v) is 2.48. The van der Waals surface area contributed by atoms with E-state index in [0.29, 0.717) is 12.4 Å². The predicted molar refractivity (Wildman–Crippen MR) is 50.1 cm³/mol. The van der Waals surface area contributed by atoms with Gasteiger partial charge in [-0.05, 0) is 12.1 Å². The molecule has 0 N–H and O–H groups in total. The Labute approximate surface area is 80.9 Å². The smallest absolute Gasteiger partial charge is 0.269 e. The monoisotopic (exact) mass is 192 g/mol. The molecule has 5 heteroatoms. The van der Waals surface area contributed by atoms with Gasteiger partial charge in [-0.3, -0.25) is 10.1 Å². The van der Waals surface area contributed by atoms with Gasteiger partial charge >= 0.3 is 0 Å². The van der Waals surface area contributed by atoms with E-state index in [2.05, 4.69) is 4.85 Å². The summed E-state index contributed by atoms with van der Waals surface area (Å²) in [6.07, 6.45) is 0. The van der Waals surface area contributed by atoms with Crippen LogP contribution in [0.5, 0.6) is 5.75 Å². The second kappa shape index (κ2) is 4.82. The van der Waals surface area contributed by atoms with Crippen molar-refractivity contribution in [2.24, 2.45) is 0 Å². The highest BCUT2D eigenvalue weighted by Crippen LogP contribution is 2.16. The topological polar surface area (TPSA) is 56.7 Å². The average molecular weight is 192 g/mol. The molecule has 0 aliphatic carbocycles. The Morgan fingerprint density at radius 2 is 2.07 bits per heavy atom. The molecule has 0 unspecified atom stereocenters. The molecule has 0 aliphatic rings. The van der Waals surface area contributed by atoms with Gasteiger partial charge in [-0.2, -0.15) is 0 Å². The van der Waals surface area contributed by atoms with Crippen LogP contribution in [0.2, 0.25) is 0 Å². The van der Waals surface area contributed by atoms with Crippen LogP contribution in [0.25, 0.3) is 4.85 Å². The summed E-state index contributed by atoms with van der Waals surface area (Å²) in [7, 11) is 0. The third-order valence-electron chi connectivity index (χ3n) is 1.52. The molecule has 1 aromatic carbocycles. The molecule has 0 saturated carbocycles. The Hall–Kier alpha value is -2.09. The van der Waals surface area contributed by atoms with E-state index >= 15 is 0 Å². The molecule has 0 radical (unpaired) electrons. The molecule has 14 heavy (non-hydrogen) atoms. The van der Waals surface area contributed by atoms with Gasteiger partial charge in [0.05, 0.1) is 4.92 Å². The number of nitro benzene ring substituents is 1. The van der Waals surface area contributed by atoms with Crippen LogP contribution >= 0.6 is 0 Å². The molecule has 72 valence electrons. The van der Waals surface area contributed by atoms with Gasteiger partial charge < -0.3 is 9.58 Å². The quantitative estimate of drug-likeness (QED) is 0.317. The minimum atomic E-state index is -0.469. The second-order valence-electron chi connectivity index (χ2n) is 2.48. The van der Waals surface area contributed by atoms with E-state index in [1.54, 1.807) is 0 Å². The molecule has 0 aliphatic heterocycles. The zero-order valence-corrected chi connectivity index (χ0v) is 7.34. The molecule has 0 bridgehead atoms. The Morgan fingerprint density at radius 3 is 2.57 bits per heavy atom. The number of hydrogen-bond acceptors (Lipinski definition) is 3. The number of benzene rings is 1. The van der Waals surface area contributed by atoms with Gasteiger partial charge in [-0.1, -0.05) is 0 Å². The van der Waals surface area contributed by atoms with Crippen molar-refractivity contribution in [2.75, 3.05) is 13.2 Å². The van der Waals surface area contributed by atoms with Crippen LogP contribution in [0.3, 0.4) is 0 Å². The number of non-ortho nitro benzene ring substituents is 1. The highest BCUT2D eigenvalue weighted by atomic mass is 16.6. The highest BCUT2D eigenvalue weighted by Gasteiger charge is 2.03. The van der Waals surface area contributed by atoms with Crippen molar-refractivity contribution in [1.82, 2.24) is 0 Å². The van der Waals surface area contributed by atoms with E-state index in [-0.39, 0.29) is 12.2 Å². The van der Waals surface area contributed by atoms with Crippen molar-refractivity contribution in [3.8, 4) is 5.75 Å². The first kappa shape index (κ1) is 9.99. The van der Waals surface area contributed by atoms with E-state index in [0.717, 1.165) is 0 Å². The van der Waals surface area contributed by atoms with Crippen molar-refractivity contribution in [2.45, 2.75) is 0 Å². The lowest BCUT2D eigenvalue weighted by Gasteiger charge is -2.00. The van der Waals surface area contributed by atoms with Crippen molar-refractivity contribution >= 4 is 5.69 Å². The molecule has 0 heterocycles. The fourth-order valence-corrected chi connectivity index (χ4v) is 0.873. The maximum atomic E-state index is 10.3. The average Bonchev–Trinajstić information content (AvgIpc) is 2.19. The zero-order valence-electron chi connectivity index (χ0n) is 7.34. The lowest BCUT2D eigenvalue weighted by molar-refractivity contribution is -0.384. The SMILES string of the molecule is [C-]#[N+]CCOc1ccc([N+](=O)[O-])cc1. The molecule has 0 saturated heterocycles. The number of hydrogen-bond donors (Lipinski definition) is 0. The van der Waals surface area contributed by atoms with Crippen LogP contribution in [0.1, 0.15) is 0 Å². The molecular formula is C9H8N2O3. The number of ether oxygens (including phenoxy) is 1. The van der Waals surface area contributed by atoms with Crippen LogP contribution < -0.4 is 4.74 Å². The summed E-state index contributed by atoms with van der Waals surface area (Å²) in [5, 5.41) is 10.3. The van der Waals surface area contributed by atoms with E-state index in [1.807, 2.05) is 0 Å². The summed E-state index contributed by atoms with van der Waals surface area (Å²) in [5.41, 5.74) is 0.0301. The van der Waals surface area contributed by atoms with Gasteiger partial charge in [0.15, 0.2) is 6.61 Å². The third-order valence-corrected chi connectivity index (χ3v) is 1.52. The molecular weight excluding hydrogens is 184 g/mol. The molecule has 0 atom stereocenters. The minimum absolute atomic E-state index is 0.0301. The minimum Gasteiger partial charge on any atom is -0.486 e. The van der Waals surface area contributed by atoms with Crippen molar-refractivity contribution in [1.29, 1.82) is 0 Å². The fraction of sp³-hybridized carbons (Fsp3) is 0.222. The molecule has 0 amide bonds. The Kier molecular flexibility index (Phi) is 3.44. The van der Waals surface area contributed by atoms with Gasteiger partial charge in [0.1, 0.15) is 5.75 Å². The number of nitro groups is 1. The molecule has 1 aromatic rings. The van der Waals surface area contributed by atoms with Gasteiger partial charge in [0, 0.05) is 12.1 Å². The lowest BCUT2D eigenvalue weighted by Crippen LogP contribution is -1.99. The van der Waals surface area contributed by atoms with E-state index in [9.17, 15) is 10.1 Å². The summed E-state index contributed by atoms with van der Waals surface area (Å²) in [5.74, 6) is 0.541. The zero-order chi connectivity index (χ0) is 10.4. The summed E-state index contributed by atoms with van der Waals surface area (Å²) >= 11 is 0. The Balaban J connectivity index is 2.56. The van der Waals surface area contributed by atoms with Gasteiger partial charge in [0.25, 0.3) is 5.69 Å². The maximum absolute atomic E-state index is 10.3. The van der Waals surface area contributed by atoms with E-state index < -0.39 is 4.92 Å². The van der Waals surface area contributed by atoms with Crippen LogP contribution in [0.4, 0.5) is 5.69 Å². The number of rotatable bonds is 4. The number of nitrogens with zero attached hydrogens (tertiary/aromatic N) is 2. The maximum Gasteiger partial charge on any atom is 0.269 e. The molecule has 1 rings (SSSR count). The first-order chi connectivity index (χ1) is 6.74. The summed E-state index contributed by atoms with van der Waals surface area (Å²) in [6.45, 7) is 7.11. The molecule has 0 fully saturated rings. The molecule has 0 aromatic heterocycles. The first-order valence-corrected chi connectivity index (χ1v) is 3.94. The van der Waals surface area contributed by atoms with Crippen LogP contribution in [-0.4, -0.2) is 18.1 Å². The largest absolute Gasteiger partial charge is 0.486 e. The third kappa shape index (κ3) is 2.75. The summed E-state index contributed by atoms with van der Waals surface area (Å²) < 4.78 is 5.14. The normalized spacial score (nSPS) is 9.07. The van der Waals surface area contributed by atoms with Crippen molar-refractivity contribution in [3.05, 3.63) is 45.8 Å². The predicted octanol–water partition coefficient (Wildman–Crippen LogP) is 1.89. The Morgan fingerprint density at radius 1 is 1.43 bits per heavy atom. The van der Waals surface area contributed by atoms with Crippen LogP contribution in [0.15, 0.2) is 24.3 Å². The fourth-order valence-electron chi connectivity index (χ4n) is 0.873. The van der Waals surface area contributed by atoms with Gasteiger partial charge in [-0.15, -0.1) is 0 Å².